The molecule has 2 fully saturated rings. The van der Waals surface area contributed by atoms with E-state index in [0.29, 0.717) is 25.0 Å². The predicted molar refractivity (Wildman–Crippen MR) is 120 cm³/mol. The Bertz CT molecular complexity index is 897. The lowest BCUT2D eigenvalue weighted by Crippen LogP contribution is -2.42. The quantitative estimate of drug-likeness (QED) is 0.735. The van der Waals surface area contributed by atoms with Gasteiger partial charge in [-0.05, 0) is 68.0 Å². The van der Waals surface area contributed by atoms with Crippen molar-refractivity contribution in [2.75, 3.05) is 32.8 Å². The van der Waals surface area contributed by atoms with Crippen LogP contribution in [-0.4, -0.2) is 59.0 Å². The number of carbonyl (C=O) groups excluding carboxylic acids is 2. The number of hydrogen-bond acceptors (Lipinski definition) is 3. The van der Waals surface area contributed by atoms with Crippen LogP contribution in [0.15, 0.2) is 42.6 Å². The van der Waals surface area contributed by atoms with Gasteiger partial charge in [0.25, 0.3) is 11.8 Å². The molecule has 0 N–H and O–H groups in total. The molecule has 0 spiro atoms. The van der Waals surface area contributed by atoms with Gasteiger partial charge in [-0.15, -0.1) is 0 Å². The number of carbonyl (C=O) groups is 2. The van der Waals surface area contributed by atoms with Crippen LogP contribution in [-0.2, 0) is 7.05 Å². The van der Waals surface area contributed by atoms with Gasteiger partial charge in [0.15, 0.2) is 0 Å². The number of benzene rings is 1. The Morgan fingerprint density at radius 2 is 1.71 bits per heavy atom. The molecule has 6 heteroatoms. The van der Waals surface area contributed by atoms with E-state index in [1.54, 1.807) is 0 Å². The van der Waals surface area contributed by atoms with Gasteiger partial charge < -0.3 is 19.1 Å². The Morgan fingerprint density at radius 3 is 2.39 bits per heavy atom. The first-order valence-electron chi connectivity index (χ1n) is 11.4. The molecule has 0 radical (unpaired) electrons. The van der Waals surface area contributed by atoms with E-state index in [4.69, 9.17) is 4.74 Å². The average Bonchev–Trinajstić information content (AvgIpc) is 3.23. The minimum Gasteiger partial charge on any atom is -0.493 e. The van der Waals surface area contributed by atoms with E-state index in [2.05, 4.69) is 6.92 Å². The lowest BCUT2D eigenvalue weighted by atomic mass is 9.98. The molecule has 2 aliphatic heterocycles. The second-order valence-electron chi connectivity index (χ2n) is 9.07. The molecule has 1 unspecified atom stereocenters. The first kappa shape index (κ1) is 21.5. The van der Waals surface area contributed by atoms with Crippen LogP contribution >= 0.6 is 0 Å². The third-order valence-corrected chi connectivity index (χ3v) is 6.63. The van der Waals surface area contributed by atoms with Crippen molar-refractivity contribution in [2.45, 2.75) is 32.6 Å². The second kappa shape index (κ2) is 9.58. The highest BCUT2D eigenvalue weighted by Crippen LogP contribution is 2.22. The minimum atomic E-state index is 0.0900. The largest absolute Gasteiger partial charge is 0.493 e. The normalized spacial score (nSPS) is 20.0. The maximum atomic E-state index is 12.8. The third-order valence-electron chi connectivity index (χ3n) is 6.63. The van der Waals surface area contributed by atoms with Crippen molar-refractivity contribution < 1.29 is 14.3 Å². The van der Waals surface area contributed by atoms with Crippen molar-refractivity contribution >= 4 is 11.8 Å². The molecule has 2 saturated heterocycles. The zero-order valence-corrected chi connectivity index (χ0v) is 18.6. The molecule has 2 aromatic rings. The van der Waals surface area contributed by atoms with Gasteiger partial charge in [-0.3, -0.25) is 9.59 Å². The molecule has 2 amide bonds. The van der Waals surface area contributed by atoms with Crippen LogP contribution in [0, 0.1) is 11.8 Å². The summed E-state index contributed by atoms with van der Waals surface area (Å²) < 4.78 is 7.88. The number of amides is 2. The summed E-state index contributed by atoms with van der Waals surface area (Å²) in [5.74, 6) is 2.00. The summed E-state index contributed by atoms with van der Waals surface area (Å²) >= 11 is 0. The van der Waals surface area contributed by atoms with Gasteiger partial charge in [0.1, 0.15) is 11.4 Å². The summed E-state index contributed by atoms with van der Waals surface area (Å²) in [5, 5.41) is 0. The van der Waals surface area contributed by atoms with Crippen LogP contribution in [0.5, 0.6) is 5.75 Å². The van der Waals surface area contributed by atoms with Crippen LogP contribution in [0.2, 0.25) is 0 Å². The highest BCUT2D eigenvalue weighted by atomic mass is 16.5. The molecule has 3 heterocycles. The Balaban J connectivity index is 1.28. The molecular formula is C25H33N3O3. The molecule has 4 rings (SSSR count). The lowest BCUT2D eigenvalue weighted by Gasteiger charge is -2.32. The van der Waals surface area contributed by atoms with Crippen LogP contribution in [0.4, 0.5) is 0 Å². The topological polar surface area (TPSA) is 54.8 Å². The van der Waals surface area contributed by atoms with E-state index in [0.717, 1.165) is 62.3 Å². The number of rotatable bonds is 5. The zero-order valence-electron chi connectivity index (χ0n) is 18.6. The fraction of sp³-hybridized carbons (Fsp3) is 0.520. The summed E-state index contributed by atoms with van der Waals surface area (Å²) in [6, 6.07) is 11.3. The highest BCUT2D eigenvalue weighted by Gasteiger charge is 2.26. The maximum Gasteiger partial charge on any atom is 0.270 e. The summed E-state index contributed by atoms with van der Waals surface area (Å²) in [7, 11) is 1.90. The predicted octanol–water partition coefficient (Wildman–Crippen LogP) is 3.83. The van der Waals surface area contributed by atoms with Gasteiger partial charge in [-0.25, -0.2) is 0 Å². The Hall–Kier alpha value is -2.76. The summed E-state index contributed by atoms with van der Waals surface area (Å²) in [5.41, 5.74) is 1.45. The van der Waals surface area contributed by atoms with Gasteiger partial charge in [-0.1, -0.05) is 6.92 Å². The van der Waals surface area contributed by atoms with Gasteiger partial charge in [0.05, 0.1) is 6.61 Å². The molecule has 1 atom stereocenters. The maximum absolute atomic E-state index is 12.8. The molecule has 31 heavy (non-hydrogen) atoms. The van der Waals surface area contributed by atoms with E-state index < -0.39 is 0 Å². The number of nitrogens with zero attached hydrogens (tertiary/aromatic N) is 3. The average molecular weight is 424 g/mol. The first-order chi connectivity index (χ1) is 15.0. The van der Waals surface area contributed by atoms with Gasteiger partial charge in [0.2, 0.25) is 0 Å². The van der Waals surface area contributed by atoms with Gasteiger partial charge in [-0.2, -0.15) is 0 Å². The van der Waals surface area contributed by atoms with E-state index >= 15 is 0 Å². The van der Waals surface area contributed by atoms with Gasteiger partial charge >= 0.3 is 0 Å². The molecule has 0 aliphatic carbocycles. The second-order valence-corrected chi connectivity index (χ2v) is 9.07. The zero-order chi connectivity index (χ0) is 21.8. The van der Waals surface area contributed by atoms with Crippen molar-refractivity contribution in [3.05, 3.63) is 53.9 Å². The van der Waals surface area contributed by atoms with Crippen molar-refractivity contribution in [1.29, 1.82) is 0 Å². The number of likely N-dealkylation sites (tertiary alicyclic amines) is 2. The molecule has 1 aromatic heterocycles. The number of aromatic nitrogens is 1. The Labute approximate surface area is 184 Å². The molecule has 0 saturated carbocycles. The number of ether oxygens (including phenoxy) is 1. The van der Waals surface area contributed by atoms with E-state index in [1.165, 1.54) is 0 Å². The molecular weight excluding hydrogens is 390 g/mol. The molecule has 1 aromatic carbocycles. The van der Waals surface area contributed by atoms with E-state index in [9.17, 15) is 9.59 Å². The lowest BCUT2D eigenvalue weighted by molar-refractivity contribution is 0.0623. The van der Waals surface area contributed by atoms with E-state index in [1.807, 2.05) is 64.0 Å². The summed E-state index contributed by atoms with van der Waals surface area (Å²) in [6.45, 7) is 6.03. The third kappa shape index (κ3) is 5.12. The minimum absolute atomic E-state index is 0.0900. The highest BCUT2D eigenvalue weighted by molar-refractivity contribution is 5.94. The SMILES string of the molecule is CC1CCN(C(=O)c2ccc(OCC3CCCN(C(=O)c4cccn4C)C3)cc2)CC1. The van der Waals surface area contributed by atoms with Crippen LogP contribution < -0.4 is 4.74 Å². The van der Waals surface area contributed by atoms with Crippen LogP contribution in [0.25, 0.3) is 0 Å². The Morgan fingerprint density at radius 1 is 0.968 bits per heavy atom. The number of hydrogen-bond donors (Lipinski definition) is 0. The van der Waals surface area contributed by atoms with Crippen molar-refractivity contribution in [2.24, 2.45) is 18.9 Å². The molecule has 0 bridgehead atoms. The van der Waals surface area contributed by atoms with Crippen LogP contribution in [0.1, 0.15) is 53.5 Å². The van der Waals surface area contributed by atoms with Crippen molar-refractivity contribution in [3.63, 3.8) is 0 Å². The van der Waals surface area contributed by atoms with Crippen molar-refractivity contribution in [1.82, 2.24) is 14.4 Å². The smallest absolute Gasteiger partial charge is 0.270 e. The van der Waals surface area contributed by atoms with Crippen LogP contribution in [0.3, 0.4) is 0 Å². The van der Waals surface area contributed by atoms with Crippen molar-refractivity contribution in [3.8, 4) is 5.75 Å². The standard InChI is InChI=1S/C25H33N3O3/c1-19-11-15-27(16-12-19)24(29)21-7-9-22(10-8-21)31-18-20-5-3-14-28(17-20)25(30)23-6-4-13-26(23)2/h4,6-10,13,19-20H,3,5,11-12,14-18H2,1-2H3. The van der Waals surface area contributed by atoms with Gasteiger partial charge in [0, 0.05) is 50.9 Å². The Kier molecular flexibility index (Phi) is 6.64. The van der Waals surface area contributed by atoms with E-state index in [-0.39, 0.29) is 11.8 Å². The number of aryl methyl sites for hydroxylation is 1. The number of piperidine rings is 2. The summed E-state index contributed by atoms with van der Waals surface area (Å²) in [4.78, 5) is 29.4. The fourth-order valence-corrected chi connectivity index (χ4v) is 4.53. The fourth-order valence-electron chi connectivity index (χ4n) is 4.53. The molecule has 2 aliphatic rings. The first-order valence-corrected chi connectivity index (χ1v) is 11.4. The molecule has 166 valence electrons. The summed E-state index contributed by atoms with van der Waals surface area (Å²) in [6.07, 6.45) is 6.11. The molecule has 6 nitrogen and oxygen atoms in total. The monoisotopic (exact) mass is 423 g/mol.